The van der Waals surface area contributed by atoms with Crippen LogP contribution in [0.1, 0.15) is 32.6 Å². The number of nitrogens with zero attached hydrogens (tertiary/aromatic N) is 1. The highest BCUT2D eigenvalue weighted by Gasteiger charge is 2.42. The summed E-state index contributed by atoms with van der Waals surface area (Å²) in [5.74, 6) is 0.122. The number of carboxylic acids is 1. The summed E-state index contributed by atoms with van der Waals surface area (Å²) in [5, 5.41) is 9.48. The Morgan fingerprint density at radius 3 is 2.76 bits per heavy atom. The maximum absolute atomic E-state index is 11.5. The second-order valence-corrected chi connectivity index (χ2v) is 5.51. The lowest BCUT2D eigenvalue weighted by molar-refractivity contribution is -0.159. The van der Waals surface area contributed by atoms with Gasteiger partial charge < -0.3 is 14.7 Å². The van der Waals surface area contributed by atoms with Crippen LogP contribution in [0.25, 0.3) is 0 Å². The van der Waals surface area contributed by atoms with Crippen LogP contribution < -0.4 is 0 Å². The third kappa shape index (κ3) is 3.19. The largest absolute Gasteiger partial charge is 0.481 e. The molecule has 0 spiro atoms. The minimum atomic E-state index is -0.688. The molecule has 4 heteroatoms. The zero-order valence-electron chi connectivity index (χ0n) is 10.7. The number of ether oxygens (including phenoxy) is 1. The fourth-order valence-electron chi connectivity index (χ4n) is 2.61. The SMILES string of the molecule is CCN(CC1CC1)CC1(C(=O)O)CCCOC1. The molecule has 98 valence electrons. The molecule has 0 aromatic rings. The smallest absolute Gasteiger partial charge is 0.313 e. The Balaban J connectivity index is 1.96. The molecular weight excluding hydrogens is 218 g/mol. The lowest BCUT2D eigenvalue weighted by Crippen LogP contribution is -2.48. The van der Waals surface area contributed by atoms with Gasteiger partial charge in [-0.05, 0) is 38.1 Å². The first-order valence-electron chi connectivity index (χ1n) is 6.70. The summed E-state index contributed by atoms with van der Waals surface area (Å²) < 4.78 is 5.41. The first-order valence-corrected chi connectivity index (χ1v) is 6.70. The van der Waals surface area contributed by atoms with E-state index in [4.69, 9.17) is 4.74 Å². The average Bonchev–Trinajstić information content (AvgIpc) is 3.13. The van der Waals surface area contributed by atoms with E-state index in [1.54, 1.807) is 0 Å². The molecule has 0 aromatic heterocycles. The summed E-state index contributed by atoms with van der Waals surface area (Å²) in [5.41, 5.74) is -0.664. The fourth-order valence-corrected chi connectivity index (χ4v) is 2.61. The van der Waals surface area contributed by atoms with E-state index in [1.807, 2.05) is 0 Å². The molecule has 1 N–H and O–H groups in total. The third-order valence-corrected chi connectivity index (χ3v) is 3.96. The van der Waals surface area contributed by atoms with Crippen molar-refractivity contribution in [1.82, 2.24) is 4.90 Å². The summed E-state index contributed by atoms with van der Waals surface area (Å²) in [6.07, 6.45) is 4.25. The molecule has 0 amide bonds. The minimum Gasteiger partial charge on any atom is -0.481 e. The number of aliphatic carboxylic acids is 1. The molecule has 1 aliphatic carbocycles. The molecule has 2 rings (SSSR count). The molecule has 4 nitrogen and oxygen atoms in total. The van der Waals surface area contributed by atoms with Crippen molar-refractivity contribution in [3.8, 4) is 0 Å². The van der Waals surface area contributed by atoms with Gasteiger partial charge in [-0.1, -0.05) is 6.92 Å². The standard InChI is InChI=1S/C13H23NO3/c1-2-14(8-11-4-5-11)9-13(12(15)16)6-3-7-17-10-13/h11H,2-10H2,1H3,(H,15,16). The van der Waals surface area contributed by atoms with Crippen LogP contribution in [-0.2, 0) is 9.53 Å². The molecular formula is C13H23NO3. The van der Waals surface area contributed by atoms with Gasteiger partial charge in [0.05, 0.1) is 6.61 Å². The molecule has 1 unspecified atom stereocenters. The minimum absolute atomic E-state index is 0.378. The predicted octanol–water partition coefficient (Wildman–Crippen LogP) is 1.60. The highest BCUT2D eigenvalue weighted by atomic mass is 16.5. The molecule has 0 aromatic carbocycles. The van der Waals surface area contributed by atoms with E-state index in [-0.39, 0.29) is 0 Å². The summed E-state index contributed by atoms with van der Waals surface area (Å²) in [7, 11) is 0. The van der Waals surface area contributed by atoms with Crippen molar-refractivity contribution in [2.75, 3.05) is 32.8 Å². The van der Waals surface area contributed by atoms with Crippen LogP contribution >= 0.6 is 0 Å². The van der Waals surface area contributed by atoms with Crippen LogP contribution in [0.2, 0.25) is 0 Å². The molecule has 17 heavy (non-hydrogen) atoms. The van der Waals surface area contributed by atoms with E-state index >= 15 is 0 Å². The van der Waals surface area contributed by atoms with E-state index in [2.05, 4.69) is 11.8 Å². The Morgan fingerprint density at radius 1 is 1.53 bits per heavy atom. The summed E-state index contributed by atoms with van der Waals surface area (Å²) in [6, 6.07) is 0. The van der Waals surface area contributed by atoms with E-state index in [1.165, 1.54) is 12.8 Å². The molecule has 1 saturated heterocycles. The van der Waals surface area contributed by atoms with Gasteiger partial charge in [0.2, 0.25) is 0 Å². The third-order valence-electron chi connectivity index (χ3n) is 3.96. The Labute approximate surface area is 103 Å². The van der Waals surface area contributed by atoms with Crippen molar-refractivity contribution < 1.29 is 14.6 Å². The molecule has 0 bridgehead atoms. The second-order valence-electron chi connectivity index (χ2n) is 5.51. The number of carbonyl (C=O) groups is 1. The molecule has 1 saturated carbocycles. The maximum atomic E-state index is 11.5. The van der Waals surface area contributed by atoms with Gasteiger partial charge in [0, 0.05) is 19.7 Å². The van der Waals surface area contributed by atoms with Gasteiger partial charge in [-0.25, -0.2) is 0 Å². The number of carboxylic acid groups (broad SMARTS) is 1. The summed E-state index contributed by atoms with van der Waals surface area (Å²) in [4.78, 5) is 13.8. The van der Waals surface area contributed by atoms with Crippen molar-refractivity contribution in [3.05, 3.63) is 0 Å². The Bertz CT molecular complexity index is 270. The van der Waals surface area contributed by atoms with Crippen molar-refractivity contribution in [1.29, 1.82) is 0 Å². The first-order chi connectivity index (χ1) is 8.16. The van der Waals surface area contributed by atoms with E-state index in [0.717, 1.165) is 31.8 Å². The monoisotopic (exact) mass is 241 g/mol. The van der Waals surface area contributed by atoms with E-state index in [0.29, 0.717) is 19.8 Å². The van der Waals surface area contributed by atoms with Crippen molar-refractivity contribution in [3.63, 3.8) is 0 Å². The lowest BCUT2D eigenvalue weighted by Gasteiger charge is -2.37. The number of hydrogen-bond donors (Lipinski definition) is 1. The molecule has 1 atom stereocenters. The maximum Gasteiger partial charge on any atom is 0.313 e. The zero-order chi connectivity index (χ0) is 12.3. The van der Waals surface area contributed by atoms with Crippen molar-refractivity contribution in [2.45, 2.75) is 32.6 Å². The molecule has 1 aliphatic heterocycles. The van der Waals surface area contributed by atoms with Crippen LogP contribution in [0, 0.1) is 11.3 Å². The van der Waals surface area contributed by atoms with Crippen LogP contribution in [-0.4, -0.2) is 48.8 Å². The first kappa shape index (κ1) is 12.8. The van der Waals surface area contributed by atoms with Crippen molar-refractivity contribution >= 4 is 5.97 Å². The molecule has 0 radical (unpaired) electrons. The highest BCUT2D eigenvalue weighted by molar-refractivity contribution is 5.75. The van der Waals surface area contributed by atoms with E-state index < -0.39 is 11.4 Å². The van der Waals surface area contributed by atoms with Gasteiger partial charge in [0.25, 0.3) is 0 Å². The molecule has 1 heterocycles. The topological polar surface area (TPSA) is 49.8 Å². The molecule has 2 fully saturated rings. The Morgan fingerprint density at radius 2 is 2.29 bits per heavy atom. The van der Waals surface area contributed by atoms with Gasteiger partial charge in [0.1, 0.15) is 5.41 Å². The van der Waals surface area contributed by atoms with Crippen LogP contribution in [0.15, 0.2) is 0 Å². The molecule has 2 aliphatic rings. The highest BCUT2D eigenvalue weighted by Crippen LogP contribution is 2.33. The van der Waals surface area contributed by atoms with Gasteiger partial charge in [0.15, 0.2) is 0 Å². The van der Waals surface area contributed by atoms with Crippen LogP contribution in [0.4, 0.5) is 0 Å². The summed E-state index contributed by atoms with van der Waals surface area (Å²) >= 11 is 0. The zero-order valence-corrected chi connectivity index (χ0v) is 10.7. The van der Waals surface area contributed by atoms with Crippen molar-refractivity contribution in [2.24, 2.45) is 11.3 Å². The summed E-state index contributed by atoms with van der Waals surface area (Å²) in [6.45, 7) is 5.85. The second kappa shape index (κ2) is 5.36. The Kier molecular flexibility index (Phi) is 4.05. The quantitative estimate of drug-likeness (QED) is 0.767. The fraction of sp³-hybridized carbons (Fsp3) is 0.923. The number of hydrogen-bond acceptors (Lipinski definition) is 3. The van der Waals surface area contributed by atoms with E-state index in [9.17, 15) is 9.90 Å². The van der Waals surface area contributed by atoms with Gasteiger partial charge in [-0.2, -0.15) is 0 Å². The van der Waals surface area contributed by atoms with Gasteiger partial charge in [-0.15, -0.1) is 0 Å². The average molecular weight is 241 g/mol. The van der Waals surface area contributed by atoms with Crippen LogP contribution in [0.5, 0.6) is 0 Å². The lowest BCUT2D eigenvalue weighted by atomic mass is 9.82. The Hall–Kier alpha value is -0.610. The predicted molar refractivity (Wildman–Crippen MR) is 65.0 cm³/mol. The number of rotatable bonds is 6. The normalized spacial score (nSPS) is 29.5. The van der Waals surface area contributed by atoms with Crippen LogP contribution in [0.3, 0.4) is 0 Å². The van der Waals surface area contributed by atoms with Gasteiger partial charge in [-0.3, -0.25) is 4.79 Å². The van der Waals surface area contributed by atoms with Gasteiger partial charge >= 0.3 is 5.97 Å².